The molecule has 0 amide bonds. The van der Waals surface area contributed by atoms with E-state index in [1.165, 1.54) is 0 Å². The summed E-state index contributed by atoms with van der Waals surface area (Å²) in [6, 6.07) is 3.98. The van der Waals surface area contributed by atoms with Gasteiger partial charge in [-0.05, 0) is 51.2 Å². The molecule has 10 heteroatoms. The molecule has 0 bridgehead atoms. The lowest BCUT2D eigenvalue weighted by molar-refractivity contribution is 0.842. The lowest BCUT2D eigenvalue weighted by Gasteiger charge is -2.13. The van der Waals surface area contributed by atoms with Crippen molar-refractivity contribution >= 4 is 29.2 Å². The number of hydrogen-bond donors (Lipinski definition) is 5. The molecule has 0 aliphatic rings. The number of aryl methyl sites for hydroxylation is 2. The molecule has 0 atom stereocenters. The first-order valence-corrected chi connectivity index (χ1v) is 8.28. The van der Waals surface area contributed by atoms with Crippen molar-refractivity contribution in [3.05, 3.63) is 23.3 Å². The van der Waals surface area contributed by atoms with E-state index < -0.39 is 0 Å². The van der Waals surface area contributed by atoms with Gasteiger partial charge in [-0.15, -0.1) is 0 Å². The largest absolute Gasteiger partial charge is 0.341 e. The zero-order valence-corrected chi connectivity index (χ0v) is 15.8. The molecule has 1 aromatic carbocycles. The molecule has 0 radical (unpaired) electrons. The molecule has 2 rings (SSSR count). The molecule has 0 aliphatic heterocycles. The Balaban J connectivity index is 2.30. The van der Waals surface area contributed by atoms with Crippen LogP contribution in [0.4, 0.5) is 29.2 Å². The molecular formula is C16H26N10. The Morgan fingerprint density at radius 3 is 1.96 bits per heavy atom. The smallest absolute Gasteiger partial charge is 0.233 e. The number of benzene rings is 1. The van der Waals surface area contributed by atoms with E-state index in [9.17, 15) is 0 Å². The summed E-state index contributed by atoms with van der Waals surface area (Å²) in [4.78, 5) is 13.2. The Morgan fingerprint density at radius 1 is 0.846 bits per heavy atom. The molecule has 10 nitrogen and oxygen atoms in total. The Kier molecular flexibility index (Phi) is 7.18. The quantitative estimate of drug-likeness (QED) is 0.341. The zero-order valence-electron chi connectivity index (χ0n) is 15.8. The highest BCUT2D eigenvalue weighted by Gasteiger charge is 2.09. The third kappa shape index (κ3) is 5.33. The summed E-state index contributed by atoms with van der Waals surface area (Å²) in [5.74, 6) is 1.40. The van der Waals surface area contributed by atoms with Crippen LogP contribution in [0.5, 0.6) is 0 Å². The molecule has 0 saturated carbocycles. The van der Waals surface area contributed by atoms with E-state index >= 15 is 0 Å². The number of azo groups is 1. The number of aromatic nitrogens is 3. The van der Waals surface area contributed by atoms with Gasteiger partial charge in [0.1, 0.15) is 0 Å². The molecule has 1 aromatic heterocycles. The fourth-order valence-electron chi connectivity index (χ4n) is 2.20. The fourth-order valence-corrected chi connectivity index (χ4v) is 2.20. The maximum absolute atomic E-state index is 4.42. The van der Waals surface area contributed by atoms with Gasteiger partial charge in [0.05, 0.1) is 19.0 Å². The van der Waals surface area contributed by atoms with Crippen LogP contribution in [0.2, 0.25) is 0 Å². The van der Waals surface area contributed by atoms with Gasteiger partial charge in [-0.1, -0.05) is 0 Å². The van der Waals surface area contributed by atoms with Gasteiger partial charge >= 0.3 is 0 Å². The van der Waals surface area contributed by atoms with Gasteiger partial charge < -0.3 is 26.6 Å². The van der Waals surface area contributed by atoms with E-state index in [-0.39, 0.29) is 0 Å². The highest BCUT2D eigenvalue weighted by molar-refractivity contribution is 5.65. The van der Waals surface area contributed by atoms with E-state index in [1.807, 2.05) is 40.1 Å². The first kappa shape index (κ1) is 19.5. The van der Waals surface area contributed by atoms with Crippen LogP contribution in [0.3, 0.4) is 0 Å². The van der Waals surface area contributed by atoms with Crippen molar-refractivity contribution in [1.29, 1.82) is 0 Å². The lowest BCUT2D eigenvalue weighted by Crippen LogP contribution is -2.21. The number of rotatable bonds is 9. The normalized spacial score (nSPS) is 11.0. The van der Waals surface area contributed by atoms with Crippen molar-refractivity contribution in [1.82, 2.24) is 25.6 Å². The van der Waals surface area contributed by atoms with Crippen LogP contribution in [-0.2, 0) is 0 Å². The van der Waals surface area contributed by atoms with Crippen LogP contribution >= 0.6 is 0 Å². The zero-order chi connectivity index (χ0) is 18.9. The molecule has 140 valence electrons. The first-order chi connectivity index (χ1) is 12.6. The molecule has 0 aliphatic carbocycles. The van der Waals surface area contributed by atoms with Gasteiger partial charge in [0.15, 0.2) is 0 Å². The average molecular weight is 358 g/mol. The molecule has 0 spiro atoms. The molecular weight excluding hydrogens is 332 g/mol. The van der Waals surface area contributed by atoms with Crippen LogP contribution in [0.15, 0.2) is 22.4 Å². The van der Waals surface area contributed by atoms with Crippen molar-refractivity contribution in [2.75, 3.05) is 50.4 Å². The van der Waals surface area contributed by atoms with Gasteiger partial charge in [-0.2, -0.15) is 25.2 Å². The number of nitrogens with zero attached hydrogens (tertiary/aromatic N) is 5. The fraction of sp³-hybridized carbons (Fsp3) is 0.438. The topological polar surface area (TPSA) is 124 Å². The Bertz CT molecular complexity index is 733. The maximum Gasteiger partial charge on any atom is 0.233 e. The standard InChI is InChI=1S/C16H26N10/c1-10-7-13(26-19-5)11(2)6-12(10)22-16-24-14(20-8-17-3)23-15(25-16)21-9-18-4/h6-7,17-18H,8-9H2,1-5H3,(H3,20,21,22,23,24,25). The van der Waals surface area contributed by atoms with Gasteiger partial charge in [-0.25, -0.2) is 0 Å². The summed E-state index contributed by atoms with van der Waals surface area (Å²) >= 11 is 0. The van der Waals surface area contributed by atoms with Gasteiger partial charge in [0, 0.05) is 12.7 Å². The predicted octanol–water partition coefficient (Wildman–Crippen LogP) is 2.12. The monoisotopic (exact) mass is 358 g/mol. The van der Waals surface area contributed by atoms with E-state index in [2.05, 4.69) is 51.8 Å². The summed E-state index contributed by atoms with van der Waals surface area (Å²) < 4.78 is 0. The van der Waals surface area contributed by atoms with Crippen LogP contribution in [0.25, 0.3) is 0 Å². The molecule has 5 N–H and O–H groups in total. The Hall–Kier alpha value is -2.85. The van der Waals surface area contributed by atoms with Crippen molar-refractivity contribution < 1.29 is 0 Å². The minimum Gasteiger partial charge on any atom is -0.341 e. The van der Waals surface area contributed by atoms with E-state index in [4.69, 9.17) is 0 Å². The summed E-state index contributed by atoms with van der Waals surface area (Å²) in [6.45, 7) is 5.08. The summed E-state index contributed by atoms with van der Waals surface area (Å²) in [5.41, 5.74) is 3.79. The molecule has 0 unspecified atom stereocenters. The highest BCUT2D eigenvalue weighted by Crippen LogP contribution is 2.28. The average Bonchev–Trinajstić information content (AvgIpc) is 2.62. The highest BCUT2D eigenvalue weighted by atomic mass is 15.3. The van der Waals surface area contributed by atoms with Gasteiger partial charge in [-0.3, -0.25) is 0 Å². The maximum atomic E-state index is 4.42. The predicted molar refractivity (Wildman–Crippen MR) is 105 cm³/mol. The summed E-state index contributed by atoms with van der Waals surface area (Å²) in [7, 11) is 5.34. The number of anilines is 4. The van der Waals surface area contributed by atoms with E-state index in [0.717, 1.165) is 22.5 Å². The van der Waals surface area contributed by atoms with Crippen molar-refractivity contribution in [3.63, 3.8) is 0 Å². The Morgan fingerprint density at radius 2 is 1.42 bits per heavy atom. The first-order valence-electron chi connectivity index (χ1n) is 8.28. The molecule has 26 heavy (non-hydrogen) atoms. The molecule has 0 fully saturated rings. The van der Waals surface area contributed by atoms with Crippen LogP contribution in [0, 0.1) is 13.8 Å². The molecule has 2 aromatic rings. The van der Waals surface area contributed by atoms with Crippen molar-refractivity contribution in [2.24, 2.45) is 10.2 Å². The van der Waals surface area contributed by atoms with Crippen LogP contribution < -0.4 is 26.6 Å². The van der Waals surface area contributed by atoms with Crippen molar-refractivity contribution in [3.8, 4) is 0 Å². The lowest BCUT2D eigenvalue weighted by atomic mass is 10.1. The second-order valence-corrected chi connectivity index (χ2v) is 5.60. The van der Waals surface area contributed by atoms with Crippen LogP contribution in [0.1, 0.15) is 11.1 Å². The minimum absolute atomic E-state index is 0.449. The van der Waals surface area contributed by atoms with Crippen molar-refractivity contribution in [2.45, 2.75) is 13.8 Å². The second kappa shape index (κ2) is 9.59. The van der Waals surface area contributed by atoms with E-state index in [0.29, 0.717) is 31.2 Å². The molecule has 1 heterocycles. The van der Waals surface area contributed by atoms with E-state index in [1.54, 1.807) is 7.05 Å². The summed E-state index contributed by atoms with van der Waals surface area (Å²) in [5, 5.41) is 23.4. The summed E-state index contributed by atoms with van der Waals surface area (Å²) in [6.07, 6.45) is 0. The minimum atomic E-state index is 0.449. The SMILES string of the molecule is CN=Nc1cc(C)c(Nc2nc(NCNC)nc(NCNC)n2)cc1C. The van der Waals surface area contributed by atoms with Crippen LogP contribution in [-0.4, -0.2) is 49.4 Å². The third-order valence-electron chi connectivity index (χ3n) is 3.48. The van der Waals surface area contributed by atoms with Gasteiger partial charge in [0.25, 0.3) is 0 Å². The second-order valence-electron chi connectivity index (χ2n) is 5.60. The molecule has 0 saturated heterocycles. The number of nitrogens with one attached hydrogen (secondary N) is 5. The van der Waals surface area contributed by atoms with Gasteiger partial charge in [0.2, 0.25) is 17.8 Å². The number of hydrogen-bond acceptors (Lipinski definition) is 10. The third-order valence-corrected chi connectivity index (χ3v) is 3.48. The Labute approximate surface area is 153 Å².